The Morgan fingerprint density at radius 2 is 1.35 bits per heavy atom. The Hall–Kier alpha value is -0.690. The van der Waals surface area contributed by atoms with E-state index in [1.165, 1.54) is 6.92 Å². The first-order valence-electron chi connectivity index (χ1n) is 7.33. The van der Waals surface area contributed by atoms with Gasteiger partial charge in [0.1, 0.15) is 6.23 Å². The van der Waals surface area contributed by atoms with Crippen LogP contribution in [0.1, 0.15) is 77.2 Å². The topological polar surface area (TPSA) is 96.4 Å². The van der Waals surface area contributed by atoms with Crippen molar-refractivity contribution in [1.82, 2.24) is 16.0 Å². The van der Waals surface area contributed by atoms with Crippen LogP contribution in [0.2, 0.25) is 0 Å². The van der Waals surface area contributed by atoms with Gasteiger partial charge in [-0.2, -0.15) is 0 Å². The quantitative estimate of drug-likeness (QED) is 0.584. The maximum absolute atomic E-state index is 11.4. The van der Waals surface area contributed by atoms with Gasteiger partial charge in [0.05, 0.1) is 6.04 Å². The highest BCUT2D eigenvalue weighted by atomic mass is 16.3. The Balaban J connectivity index is -0.000000158. The minimum absolute atomic E-state index is 0. The van der Waals surface area contributed by atoms with E-state index in [0.717, 1.165) is 0 Å². The second-order valence-corrected chi connectivity index (χ2v) is 7.34. The molecule has 0 saturated carbocycles. The van der Waals surface area contributed by atoms with E-state index in [0.29, 0.717) is 0 Å². The Morgan fingerprint density at radius 3 is 1.52 bits per heavy atom. The summed E-state index contributed by atoms with van der Waals surface area (Å²) < 4.78 is 0. The van der Waals surface area contributed by atoms with Crippen LogP contribution in [0.3, 0.4) is 0 Å². The highest BCUT2D eigenvalue weighted by Crippen LogP contribution is 1.99. The van der Waals surface area contributed by atoms with E-state index in [-0.39, 0.29) is 31.8 Å². The second-order valence-electron chi connectivity index (χ2n) is 7.34. The third-order valence-corrected chi connectivity index (χ3v) is 2.02. The minimum Gasteiger partial charge on any atom is -0.841 e. The number of amides is 1. The van der Waals surface area contributed by atoms with Gasteiger partial charge in [-0.25, -0.2) is 0 Å². The molecule has 4 N–H and O–H groups in total. The van der Waals surface area contributed by atoms with E-state index in [4.69, 9.17) is 5.11 Å². The number of nitrogens with one attached hydrogen (secondary N) is 3. The molecule has 0 aromatic heterocycles. The van der Waals surface area contributed by atoms with E-state index < -0.39 is 18.5 Å². The molecule has 1 amide bonds. The summed E-state index contributed by atoms with van der Waals surface area (Å²) in [6.07, 6.45) is -1.32. The molecule has 0 aromatic rings. The van der Waals surface area contributed by atoms with Crippen LogP contribution < -0.4 is 21.1 Å². The third-order valence-electron chi connectivity index (χ3n) is 2.02. The number of aliphatic hydroxyl groups is 1. The molecule has 0 spiro atoms. The van der Waals surface area contributed by atoms with Gasteiger partial charge in [0.15, 0.2) is 0 Å². The molecule has 0 radical (unpaired) electrons. The minimum atomic E-state index is -0.916. The standard InChI is InChI=1S/C9H19N2O2.C6H15NO.2CH4/c1-6(10-7(2)12)8(13)11-9(3,4)5;1-5(8)7-6(2,3)4;;/h6-7,10H,1-5H3,(H,11,13);5,7-8H,1-4H3;2*1H4/q-1;;;/t6-,7?;;;/m1.../s1. The first-order chi connectivity index (χ1) is 9.14. The Labute approximate surface area is 144 Å². The highest BCUT2D eigenvalue weighted by Gasteiger charge is 2.18. The summed E-state index contributed by atoms with van der Waals surface area (Å²) in [6, 6.07) is -0.438. The molecule has 0 aliphatic rings. The molecule has 0 rings (SSSR count). The molecule has 0 aromatic carbocycles. The van der Waals surface area contributed by atoms with Gasteiger partial charge in [-0.15, -0.1) is 0 Å². The predicted octanol–water partition coefficient (Wildman–Crippen LogP) is 1.57. The SMILES string of the molecule is C.C.CC(O)NC(C)(C)C.CC([O-])N[C@H](C)C(=O)NC(C)(C)C. The zero-order chi connectivity index (χ0) is 17.4. The maximum Gasteiger partial charge on any atom is 0.237 e. The fourth-order valence-corrected chi connectivity index (χ4v) is 1.53. The molecule has 23 heavy (non-hydrogen) atoms. The Bertz CT molecular complexity index is 292. The second kappa shape index (κ2) is 12.7. The number of carbonyl (C=O) groups is 1. The summed E-state index contributed by atoms with van der Waals surface area (Å²) >= 11 is 0. The third kappa shape index (κ3) is 26.5. The zero-order valence-corrected chi connectivity index (χ0v) is 15.0. The normalized spacial score (nSPS) is 14.9. The molecule has 0 fully saturated rings. The monoisotopic (exact) mass is 336 g/mol. The van der Waals surface area contributed by atoms with Crippen LogP contribution in [0.5, 0.6) is 0 Å². The number of hydrogen-bond acceptors (Lipinski definition) is 5. The van der Waals surface area contributed by atoms with Crippen LogP contribution in [-0.4, -0.2) is 40.6 Å². The van der Waals surface area contributed by atoms with Crippen LogP contribution in [0.15, 0.2) is 0 Å². The van der Waals surface area contributed by atoms with E-state index >= 15 is 0 Å². The molecule has 144 valence electrons. The van der Waals surface area contributed by atoms with Crippen LogP contribution in [-0.2, 0) is 4.79 Å². The van der Waals surface area contributed by atoms with Crippen LogP contribution in [0.4, 0.5) is 0 Å². The van der Waals surface area contributed by atoms with Crippen molar-refractivity contribution in [3.8, 4) is 0 Å². The van der Waals surface area contributed by atoms with Gasteiger partial charge in [0.25, 0.3) is 0 Å². The van der Waals surface area contributed by atoms with Crippen molar-refractivity contribution in [3.63, 3.8) is 0 Å². The summed E-state index contributed by atoms with van der Waals surface area (Å²) in [6.45, 7) is 16.6. The molecular weight excluding hydrogens is 294 g/mol. The van der Waals surface area contributed by atoms with Crippen molar-refractivity contribution in [2.45, 2.75) is 107 Å². The van der Waals surface area contributed by atoms with Gasteiger partial charge in [-0.1, -0.05) is 28.0 Å². The Morgan fingerprint density at radius 1 is 0.957 bits per heavy atom. The van der Waals surface area contributed by atoms with Gasteiger partial charge in [0.2, 0.25) is 5.91 Å². The van der Waals surface area contributed by atoms with Gasteiger partial charge in [-0.05, 0) is 55.4 Å². The van der Waals surface area contributed by atoms with Gasteiger partial charge in [0, 0.05) is 11.1 Å². The van der Waals surface area contributed by atoms with Crippen LogP contribution in [0.25, 0.3) is 0 Å². The van der Waals surface area contributed by atoms with E-state index in [9.17, 15) is 9.90 Å². The zero-order valence-electron chi connectivity index (χ0n) is 15.0. The summed E-state index contributed by atoms with van der Waals surface area (Å²) in [5.41, 5.74) is -0.229. The average molecular weight is 337 g/mol. The Kier molecular flexibility index (Phi) is 16.7. The summed E-state index contributed by atoms with van der Waals surface area (Å²) in [5.74, 6) is -0.143. The molecule has 3 atom stereocenters. The lowest BCUT2D eigenvalue weighted by Crippen LogP contribution is -2.53. The molecule has 0 aliphatic heterocycles. The largest absolute Gasteiger partial charge is 0.841 e. The predicted molar refractivity (Wildman–Crippen MR) is 98.0 cm³/mol. The molecule has 0 bridgehead atoms. The molecule has 0 aliphatic carbocycles. The first-order valence-corrected chi connectivity index (χ1v) is 7.33. The van der Waals surface area contributed by atoms with Gasteiger partial charge < -0.3 is 20.8 Å². The number of hydrogen-bond donors (Lipinski definition) is 4. The lowest BCUT2D eigenvalue weighted by atomic mass is 10.1. The van der Waals surface area contributed by atoms with Crippen LogP contribution >= 0.6 is 0 Å². The molecule has 0 saturated heterocycles. The number of rotatable bonds is 4. The highest BCUT2D eigenvalue weighted by molar-refractivity contribution is 5.81. The number of carbonyl (C=O) groups excluding carboxylic acids is 1. The van der Waals surface area contributed by atoms with Crippen molar-refractivity contribution < 1.29 is 15.0 Å². The van der Waals surface area contributed by atoms with E-state index in [2.05, 4.69) is 16.0 Å². The first kappa shape index (κ1) is 30.2. The average Bonchev–Trinajstić information content (AvgIpc) is 2.09. The van der Waals surface area contributed by atoms with Gasteiger partial charge >= 0.3 is 0 Å². The van der Waals surface area contributed by atoms with E-state index in [1.807, 2.05) is 41.5 Å². The summed E-state index contributed by atoms with van der Waals surface area (Å²) in [4.78, 5) is 11.4. The van der Waals surface area contributed by atoms with Crippen molar-refractivity contribution >= 4 is 5.91 Å². The molecule has 6 heteroatoms. The van der Waals surface area contributed by atoms with Crippen molar-refractivity contribution in [1.29, 1.82) is 0 Å². The van der Waals surface area contributed by atoms with Crippen molar-refractivity contribution in [2.75, 3.05) is 0 Å². The van der Waals surface area contributed by atoms with E-state index in [1.54, 1.807) is 13.8 Å². The maximum atomic E-state index is 11.4. The van der Waals surface area contributed by atoms with Crippen molar-refractivity contribution in [2.24, 2.45) is 0 Å². The lowest BCUT2D eigenvalue weighted by molar-refractivity contribution is -0.423. The van der Waals surface area contributed by atoms with Crippen LogP contribution in [0, 0.1) is 0 Å². The fraction of sp³-hybridized carbons (Fsp3) is 0.941. The van der Waals surface area contributed by atoms with Crippen molar-refractivity contribution in [3.05, 3.63) is 0 Å². The number of aliphatic hydroxyl groups excluding tert-OH is 1. The van der Waals surface area contributed by atoms with Gasteiger partial charge in [-0.3, -0.25) is 10.1 Å². The molecule has 0 heterocycles. The lowest BCUT2D eigenvalue weighted by Gasteiger charge is -2.27. The summed E-state index contributed by atoms with van der Waals surface area (Å²) in [7, 11) is 0. The summed E-state index contributed by atoms with van der Waals surface area (Å²) in [5, 5.41) is 27.8. The fourth-order valence-electron chi connectivity index (χ4n) is 1.53. The molecule has 6 nitrogen and oxygen atoms in total. The molecular formula is C17H42N3O3-. The smallest absolute Gasteiger partial charge is 0.237 e. The molecule has 2 unspecified atom stereocenters.